The highest BCUT2D eigenvalue weighted by molar-refractivity contribution is 14.1. The van der Waals surface area contributed by atoms with Crippen molar-refractivity contribution in [1.82, 2.24) is 3.52 Å². The molecule has 0 saturated carbocycles. The number of hydrogen-bond acceptors (Lipinski definition) is 1. The van der Waals surface area contributed by atoms with Crippen molar-refractivity contribution in [2.75, 3.05) is 0 Å². The third kappa shape index (κ3) is 4.09. The first kappa shape index (κ1) is 3.29. The summed E-state index contributed by atoms with van der Waals surface area (Å²) < 4.78 is 7.66. The second-order valence-corrected chi connectivity index (χ2v) is 0.929. The molecule has 2 heteroatoms. The molecule has 0 atom stereocenters. The fourth-order valence-electron chi connectivity index (χ4n) is 0.0423. The van der Waals surface area contributed by atoms with Crippen LogP contribution < -0.4 is 3.52 Å². The van der Waals surface area contributed by atoms with Gasteiger partial charge in [-0.05, 0) is 6.92 Å². The van der Waals surface area contributed by atoms with Crippen LogP contribution in [0.25, 0.3) is 0 Å². The summed E-state index contributed by atoms with van der Waals surface area (Å²) in [6, 6.07) is 2.44. The van der Waals surface area contributed by atoms with Gasteiger partial charge in [-0.15, -0.1) is 0 Å². The molecule has 0 aromatic heterocycles. The monoisotopic (exact) mass is 183 g/mol. The summed E-state index contributed by atoms with van der Waals surface area (Å²) in [6.07, 6.45) is 0. The van der Waals surface area contributed by atoms with Crippen LogP contribution in [0.2, 0.25) is 1.41 Å². The maximum Gasteiger partial charge on any atom is 0.183 e. The Morgan fingerprint density at radius 1 is 2.20 bits per heavy atom. The molecule has 0 heterocycles. The summed E-state index contributed by atoms with van der Waals surface area (Å²) >= 11 is 1.77. The fraction of sp³-hybridized carbons (Fsp3) is 0.333. The molecule has 0 aromatic carbocycles. The van der Waals surface area contributed by atoms with Crippen molar-refractivity contribution in [1.29, 1.82) is 0 Å². The highest BCUT2D eigenvalue weighted by Crippen LogP contribution is 1.58. The molecule has 0 aliphatic carbocycles. The molecule has 0 aromatic rings. The van der Waals surface area contributed by atoms with E-state index in [1.165, 1.54) is 0 Å². The van der Waals surface area contributed by atoms with Crippen molar-refractivity contribution in [3.8, 4) is 12.0 Å². The van der Waals surface area contributed by atoms with Crippen LogP contribution in [0.4, 0.5) is 0 Å². The van der Waals surface area contributed by atoms with Crippen LogP contribution in [-0.2, 0) is 0 Å². The number of halogens is 1. The first-order chi connectivity index (χ1) is 2.77. The normalized spacial score (nSPS) is 7.20. The third-order valence-corrected chi connectivity index (χ3v) is 0.395. The maximum atomic E-state index is 6.62. The lowest BCUT2D eigenvalue weighted by atomic mass is 10.8. The lowest BCUT2D eigenvalue weighted by Gasteiger charge is -1.64. The SMILES string of the molecule is [3H]N(I)C#CC. The lowest BCUT2D eigenvalue weighted by molar-refractivity contribution is 1.60. The summed E-state index contributed by atoms with van der Waals surface area (Å²) in [6.45, 7) is 1.69. The Morgan fingerprint density at radius 2 is 2.80 bits per heavy atom. The summed E-state index contributed by atoms with van der Waals surface area (Å²) in [5, 5.41) is 0. The van der Waals surface area contributed by atoms with Crippen LogP contribution in [0.15, 0.2) is 0 Å². The van der Waals surface area contributed by atoms with Crippen LogP contribution in [-0.4, -0.2) is 0 Å². The molecule has 1 N–H and O–H groups in total. The first-order valence-corrected chi connectivity index (χ1v) is 2.11. The molecule has 0 rings (SSSR count). The molecule has 0 unspecified atom stereocenters. The Labute approximate surface area is 47.1 Å². The third-order valence-electron chi connectivity index (χ3n) is 0.154. The van der Waals surface area contributed by atoms with E-state index in [-0.39, 0.29) is 0 Å². The Balaban J connectivity index is 3.20. The minimum Gasteiger partial charge on any atom is -0.288 e. The van der Waals surface area contributed by atoms with Gasteiger partial charge in [-0.3, -0.25) is 3.52 Å². The average molecular weight is 183 g/mol. The Kier molecular flexibility index (Phi) is 2.69. The van der Waals surface area contributed by atoms with E-state index in [1.54, 1.807) is 29.8 Å². The van der Waals surface area contributed by atoms with E-state index >= 15 is 0 Å². The van der Waals surface area contributed by atoms with Crippen LogP contribution >= 0.6 is 22.9 Å². The standard InChI is InChI=1S/C3H4IN/c1-2-3-5-4/h5H,1H3/i/hT. The molecule has 1 nitrogen and oxygen atoms in total. The molecule has 0 aliphatic rings. The van der Waals surface area contributed by atoms with Crippen LogP contribution in [0.3, 0.4) is 0 Å². The van der Waals surface area contributed by atoms with Crippen LogP contribution in [0.5, 0.6) is 0 Å². The maximum absolute atomic E-state index is 6.62. The average Bonchev–Trinajstić information content (AvgIpc) is 1.35. The predicted octanol–water partition coefficient (Wildman–Crippen LogP) is 0.907. The zero-order valence-electron chi connectivity index (χ0n) is 3.83. The second kappa shape index (κ2) is 4.09. The van der Waals surface area contributed by atoms with E-state index in [9.17, 15) is 0 Å². The molecule has 5 heavy (non-hydrogen) atoms. The van der Waals surface area contributed by atoms with Gasteiger partial charge in [0, 0.05) is 6.04 Å². The van der Waals surface area contributed by atoms with Crippen molar-refractivity contribution in [3.63, 3.8) is 0 Å². The summed E-state index contributed by atoms with van der Waals surface area (Å²) in [5.41, 5.74) is 0. The number of nitrogens with one attached hydrogen (secondary N) is 1. The lowest BCUT2D eigenvalue weighted by Crippen LogP contribution is -1.76. The van der Waals surface area contributed by atoms with Gasteiger partial charge in [0.2, 0.25) is 0 Å². The second-order valence-electron chi connectivity index (χ2n) is 0.446. The zero-order valence-corrected chi connectivity index (χ0v) is 4.98. The van der Waals surface area contributed by atoms with Gasteiger partial charge in [0.05, 0.1) is 22.9 Å². The van der Waals surface area contributed by atoms with Gasteiger partial charge >= 0.3 is 0 Å². The van der Waals surface area contributed by atoms with Crippen molar-refractivity contribution >= 4 is 22.9 Å². The van der Waals surface area contributed by atoms with E-state index in [0.717, 1.165) is 3.52 Å². The summed E-state index contributed by atoms with van der Waals surface area (Å²) in [4.78, 5) is 0. The van der Waals surface area contributed by atoms with E-state index in [0.29, 0.717) is 0 Å². The van der Waals surface area contributed by atoms with Gasteiger partial charge in [-0.1, -0.05) is 5.92 Å². The topological polar surface area (TPSA) is 12.0 Å². The Bertz CT molecular complexity index is 80.5. The molecular weight excluding hydrogens is 177 g/mol. The molecular formula is C3H4IN. The van der Waals surface area contributed by atoms with Gasteiger partial charge in [0.15, 0.2) is 1.41 Å². The summed E-state index contributed by atoms with van der Waals surface area (Å²) in [5.74, 6) is 2.55. The van der Waals surface area contributed by atoms with Gasteiger partial charge in [0.25, 0.3) is 0 Å². The van der Waals surface area contributed by atoms with Crippen molar-refractivity contribution in [2.45, 2.75) is 6.92 Å². The minimum absolute atomic E-state index is 1.04. The van der Waals surface area contributed by atoms with E-state index in [2.05, 4.69) is 12.0 Å². The molecule has 0 saturated heterocycles. The first-order valence-electron chi connectivity index (χ1n) is 1.59. The molecule has 0 spiro atoms. The predicted molar refractivity (Wildman–Crippen MR) is 30.6 cm³/mol. The highest BCUT2D eigenvalue weighted by Gasteiger charge is 1.43. The van der Waals surface area contributed by atoms with Gasteiger partial charge < -0.3 is 0 Å². The Morgan fingerprint density at radius 3 is 2.80 bits per heavy atom. The highest BCUT2D eigenvalue weighted by atomic mass is 127. The van der Waals surface area contributed by atoms with Crippen LogP contribution in [0, 0.1) is 12.0 Å². The number of hydrogen-bond donors (Lipinski definition) is 1. The fourth-order valence-corrected chi connectivity index (χ4v) is 0.283. The number of rotatable bonds is 0. The van der Waals surface area contributed by atoms with Crippen molar-refractivity contribution in [2.24, 2.45) is 0 Å². The van der Waals surface area contributed by atoms with Gasteiger partial charge in [0.1, 0.15) is 0 Å². The van der Waals surface area contributed by atoms with E-state index in [4.69, 9.17) is 1.41 Å². The summed E-state index contributed by atoms with van der Waals surface area (Å²) in [7, 11) is 0. The molecule has 0 bridgehead atoms. The molecule has 0 amide bonds. The van der Waals surface area contributed by atoms with E-state index in [1.807, 2.05) is 0 Å². The minimum atomic E-state index is 1.04. The van der Waals surface area contributed by atoms with Gasteiger partial charge in [-0.25, -0.2) is 0 Å². The van der Waals surface area contributed by atoms with Crippen molar-refractivity contribution in [3.05, 3.63) is 0 Å². The zero-order chi connectivity index (χ0) is 4.99. The van der Waals surface area contributed by atoms with Crippen molar-refractivity contribution < 1.29 is 1.41 Å². The van der Waals surface area contributed by atoms with Crippen LogP contribution in [0.1, 0.15) is 6.92 Å². The largest absolute Gasteiger partial charge is 0.288 e. The molecule has 0 radical (unpaired) electrons. The molecule has 0 aliphatic heterocycles. The van der Waals surface area contributed by atoms with E-state index < -0.39 is 0 Å². The smallest absolute Gasteiger partial charge is 0.183 e. The quantitative estimate of drug-likeness (QED) is 0.254. The molecule has 0 fully saturated rings. The Hall–Kier alpha value is 0.0900. The molecule has 28 valence electrons. The van der Waals surface area contributed by atoms with Gasteiger partial charge in [-0.2, -0.15) is 0 Å².